The molecule has 0 radical (unpaired) electrons. The van der Waals surface area contributed by atoms with Crippen LogP contribution in [0.1, 0.15) is 58.2 Å². The number of pyridine rings is 1. The molecular formula is C27H32F3N3O7. The van der Waals surface area contributed by atoms with Crippen LogP contribution in [0.2, 0.25) is 0 Å². The zero-order valence-electron chi connectivity index (χ0n) is 22.8. The Morgan fingerprint density at radius 1 is 1.27 bits per heavy atom. The first-order valence-corrected chi connectivity index (χ1v) is 12.9. The lowest BCUT2D eigenvalue weighted by Crippen LogP contribution is -2.53. The molecule has 2 aliphatic heterocycles. The van der Waals surface area contributed by atoms with Gasteiger partial charge in [0, 0.05) is 17.4 Å². The molecule has 1 aromatic heterocycles. The molecule has 4 rings (SSSR count). The molecule has 3 heterocycles. The fourth-order valence-electron chi connectivity index (χ4n) is 5.24. The number of aryl methyl sites for hydroxylation is 1. The molecule has 218 valence electrons. The Hall–Kier alpha value is -3.77. The number of phenolic OH excluding ortho intramolecular Hbond substituents is 1. The summed E-state index contributed by atoms with van der Waals surface area (Å²) in [4.78, 5) is 43.7. The smallest absolute Gasteiger partial charge is 0.437 e. The zero-order chi connectivity index (χ0) is 29.6. The molecule has 2 aromatic rings. The van der Waals surface area contributed by atoms with Gasteiger partial charge in [-0.2, -0.15) is 13.2 Å². The van der Waals surface area contributed by atoms with Crippen molar-refractivity contribution in [3.05, 3.63) is 29.5 Å². The molecule has 0 aliphatic carbocycles. The van der Waals surface area contributed by atoms with Gasteiger partial charge in [0.05, 0.1) is 19.2 Å². The Kier molecular flexibility index (Phi) is 7.54. The molecule has 2 N–H and O–H groups in total. The van der Waals surface area contributed by atoms with Gasteiger partial charge in [-0.3, -0.25) is 4.79 Å². The van der Waals surface area contributed by atoms with Crippen LogP contribution in [-0.4, -0.2) is 69.9 Å². The number of phenols is 1. The average molecular weight is 568 g/mol. The van der Waals surface area contributed by atoms with Crippen molar-refractivity contribution in [2.75, 3.05) is 13.7 Å². The molecule has 40 heavy (non-hydrogen) atoms. The lowest BCUT2D eigenvalue weighted by Gasteiger charge is -2.37. The van der Waals surface area contributed by atoms with Gasteiger partial charge in [0.2, 0.25) is 5.91 Å². The van der Waals surface area contributed by atoms with Gasteiger partial charge in [-0.1, -0.05) is 6.92 Å². The third-order valence-electron chi connectivity index (χ3n) is 7.00. The fourth-order valence-corrected chi connectivity index (χ4v) is 5.24. The molecule has 1 fully saturated rings. The molecule has 3 atom stereocenters. The fraction of sp³-hybridized carbons (Fsp3) is 0.556. The van der Waals surface area contributed by atoms with Crippen molar-refractivity contribution in [1.82, 2.24) is 15.2 Å². The van der Waals surface area contributed by atoms with Gasteiger partial charge in [0.1, 0.15) is 29.0 Å². The zero-order valence-corrected chi connectivity index (χ0v) is 22.8. The Labute approximate surface area is 228 Å². The number of rotatable bonds is 4. The third kappa shape index (κ3) is 5.73. The summed E-state index contributed by atoms with van der Waals surface area (Å²) in [6, 6.07) is 1.67. The molecule has 1 aromatic carbocycles. The Bertz CT molecular complexity index is 1340. The topological polar surface area (TPSA) is 127 Å². The van der Waals surface area contributed by atoms with E-state index in [2.05, 4.69) is 10.3 Å². The summed E-state index contributed by atoms with van der Waals surface area (Å²) in [5, 5.41) is 12.8. The SMILES string of the molecule is CC[C@H](NC(=O)OC(C)(C)C)C(=O)N1C[C@@]2(CCc3c(c(C(F)(F)F)nc4ccc(O)cc34)O2)C[C@H]1C(=O)OC. The Morgan fingerprint density at radius 2 is 1.98 bits per heavy atom. The van der Waals surface area contributed by atoms with E-state index in [0.717, 1.165) is 7.11 Å². The number of carbonyl (C=O) groups excluding carboxylic acids is 3. The molecule has 1 spiro atoms. The molecule has 13 heteroatoms. The highest BCUT2D eigenvalue weighted by Crippen LogP contribution is 2.48. The number of nitrogens with zero attached hydrogens (tertiary/aromatic N) is 2. The number of carbonyl (C=O) groups is 3. The standard InChI is InChI=1S/C27H32F3N3O7/c1-6-17(32-24(37)40-25(2,3)4)22(35)33-13-26(12-19(33)23(36)38-5)10-9-15-16-11-14(34)7-8-18(16)31-21(20(15)39-26)27(28,29)30/h7-8,11,17,19,34H,6,9-10,12-13H2,1-5H3,(H,32,37)/t17-,19-,26+/m0/s1. The minimum atomic E-state index is -4.85. The van der Waals surface area contributed by atoms with E-state index in [1.165, 1.54) is 23.1 Å². The molecule has 0 unspecified atom stereocenters. The highest BCUT2D eigenvalue weighted by Gasteiger charge is 2.54. The molecule has 2 aliphatic rings. The molecule has 10 nitrogen and oxygen atoms in total. The van der Waals surface area contributed by atoms with E-state index in [9.17, 15) is 32.7 Å². The van der Waals surface area contributed by atoms with Crippen LogP contribution in [0.25, 0.3) is 10.9 Å². The van der Waals surface area contributed by atoms with Crippen molar-refractivity contribution < 1.29 is 46.9 Å². The number of alkyl carbamates (subject to hydrolysis) is 1. The maximum Gasteiger partial charge on any atom is 0.437 e. The number of aromatic hydroxyl groups is 1. The van der Waals surface area contributed by atoms with Crippen LogP contribution in [0.5, 0.6) is 11.5 Å². The van der Waals surface area contributed by atoms with E-state index >= 15 is 0 Å². The second-order valence-corrected chi connectivity index (χ2v) is 11.1. The van der Waals surface area contributed by atoms with E-state index in [0.29, 0.717) is 5.39 Å². The summed E-state index contributed by atoms with van der Waals surface area (Å²) in [6.07, 6.45) is -5.34. The number of ether oxygens (including phenoxy) is 3. The van der Waals surface area contributed by atoms with Gasteiger partial charge >= 0.3 is 18.2 Å². The van der Waals surface area contributed by atoms with E-state index in [4.69, 9.17) is 14.2 Å². The largest absolute Gasteiger partial charge is 0.508 e. The predicted molar refractivity (Wildman–Crippen MR) is 136 cm³/mol. The molecule has 0 bridgehead atoms. The maximum atomic E-state index is 14.1. The highest BCUT2D eigenvalue weighted by atomic mass is 19.4. The van der Waals surface area contributed by atoms with Gasteiger partial charge in [0.15, 0.2) is 11.4 Å². The van der Waals surface area contributed by atoms with Crippen molar-refractivity contribution in [3.63, 3.8) is 0 Å². The van der Waals surface area contributed by atoms with Crippen LogP contribution in [0, 0.1) is 0 Å². The lowest BCUT2D eigenvalue weighted by molar-refractivity contribution is -0.151. The molecular weight excluding hydrogens is 535 g/mol. The minimum absolute atomic E-state index is 0.0538. The Morgan fingerprint density at radius 3 is 2.58 bits per heavy atom. The maximum absolute atomic E-state index is 14.1. The number of fused-ring (bicyclic) bond motifs is 3. The summed E-state index contributed by atoms with van der Waals surface area (Å²) in [6.45, 7) is 6.44. The first-order valence-electron chi connectivity index (χ1n) is 12.9. The van der Waals surface area contributed by atoms with Crippen LogP contribution in [-0.2, 0) is 31.7 Å². The summed E-state index contributed by atoms with van der Waals surface area (Å²) in [5.41, 5.74) is -3.10. The molecule has 1 saturated heterocycles. The minimum Gasteiger partial charge on any atom is -0.508 e. The number of hydrogen-bond donors (Lipinski definition) is 2. The van der Waals surface area contributed by atoms with Crippen LogP contribution >= 0.6 is 0 Å². The summed E-state index contributed by atoms with van der Waals surface area (Å²) in [7, 11) is 1.15. The van der Waals surface area contributed by atoms with Gasteiger partial charge < -0.3 is 29.5 Å². The van der Waals surface area contributed by atoms with Crippen molar-refractivity contribution in [3.8, 4) is 11.5 Å². The monoisotopic (exact) mass is 567 g/mol. The molecule has 0 saturated carbocycles. The van der Waals surface area contributed by atoms with Crippen molar-refractivity contribution in [2.45, 2.75) is 82.8 Å². The number of methoxy groups -OCH3 is 1. The van der Waals surface area contributed by atoms with Crippen molar-refractivity contribution in [2.24, 2.45) is 0 Å². The first-order chi connectivity index (χ1) is 18.6. The number of amides is 2. The van der Waals surface area contributed by atoms with Crippen LogP contribution < -0.4 is 10.1 Å². The number of benzene rings is 1. The second-order valence-electron chi connectivity index (χ2n) is 11.1. The van der Waals surface area contributed by atoms with Crippen LogP contribution in [0.3, 0.4) is 0 Å². The third-order valence-corrected chi connectivity index (χ3v) is 7.00. The summed E-state index contributed by atoms with van der Waals surface area (Å²) in [5.74, 6) is -2.01. The lowest BCUT2D eigenvalue weighted by atomic mass is 9.87. The number of likely N-dealkylation sites (tertiary alicyclic amines) is 1. The van der Waals surface area contributed by atoms with Gasteiger partial charge in [0.25, 0.3) is 0 Å². The van der Waals surface area contributed by atoms with Gasteiger partial charge in [-0.05, 0) is 58.2 Å². The Balaban J connectivity index is 1.70. The van der Waals surface area contributed by atoms with Gasteiger partial charge in [-0.25, -0.2) is 14.6 Å². The number of halogens is 3. The van der Waals surface area contributed by atoms with E-state index in [1.54, 1.807) is 27.7 Å². The second kappa shape index (κ2) is 10.3. The molecule has 2 amide bonds. The number of hydrogen-bond acceptors (Lipinski definition) is 8. The van der Waals surface area contributed by atoms with Crippen molar-refractivity contribution in [1.29, 1.82) is 0 Å². The highest BCUT2D eigenvalue weighted by molar-refractivity contribution is 5.91. The normalized spacial score (nSPS) is 21.5. The average Bonchev–Trinajstić information content (AvgIpc) is 3.22. The van der Waals surface area contributed by atoms with E-state index < -0.39 is 58.9 Å². The van der Waals surface area contributed by atoms with Gasteiger partial charge in [-0.15, -0.1) is 0 Å². The predicted octanol–water partition coefficient (Wildman–Crippen LogP) is 4.10. The van der Waals surface area contributed by atoms with E-state index in [1.807, 2.05) is 0 Å². The quantitative estimate of drug-likeness (QED) is 0.529. The summed E-state index contributed by atoms with van der Waals surface area (Å²) >= 11 is 0. The first kappa shape index (κ1) is 29.2. The van der Waals surface area contributed by atoms with Crippen molar-refractivity contribution >= 4 is 28.9 Å². The van der Waals surface area contributed by atoms with Crippen LogP contribution in [0.15, 0.2) is 18.2 Å². The number of aromatic nitrogens is 1. The van der Waals surface area contributed by atoms with E-state index in [-0.39, 0.29) is 49.1 Å². The number of esters is 1. The summed E-state index contributed by atoms with van der Waals surface area (Å²) < 4.78 is 58.6. The van der Waals surface area contributed by atoms with Crippen LogP contribution in [0.4, 0.5) is 18.0 Å². The number of nitrogens with one attached hydrogen (secondary N) is 1. The number of alkyl halides is 3.